The van der Waals surface area contributed by atoms with Gasteiger partial charge >= 0.3 is 0 Å². The zero-order chi connectivity index (χ0) is 22.3. The van der Waals surface area contributed by atoms with Crippen LogP contribution in [-0.2, 0) is 20.4 Å². The van der Waals surface area contributed by atoms with E-state index in [-0.39, 0.29) is 11.6 Å². The molecule has 3 rings (SSSR count). The van der Waals surface area contributed by atoms with Gasteiger partial charge in [0.05, 0.1) is 17.5 Å². The fraction of sp³-hybridized carbons (Fsp3) is 0.364. The van der Waals surface area contributed by atoms with Gasteiger partial charge in [0.25, 0.3) is 0 Å². The third-order valence-corrected chi connectivity index (χ3v) is 6.44. The van der Waals surface area contributed by atoms with Crippen LogP contribution in [0.4, 0.5) is 0 Å². The molecule has 0 aliphatic rings. The number of aliphatic hydroxyl groups excluding tert-OH is 1. The Labute approximate surface area is 181 Å². The molecule has 1 aromatic heterocycles. The van der Waals surface area contributed by atoms with Crippen molar-refractivity contribution in [2.45, 2.75) is 37.2 Å². The van der Waals surface area contributed by atoms with Crippen LogP contribution in [0.1, 0.15) is 36.8 Å². The summed E-state index contributed by atoms with van der Waals surface area (Å²) in [5.41, 5.74) is 7.76. The average molecular weight is 446 g/mol. The van der Waals surface area contributed by atoms with Crippen molar-refractivity contribution in [1.82, 2.24) is 10.3 Å². The Bertz CT molecular complexity index is 1070. The number of amides is 1. The number of nitrogens with two attached hydrogens (primary N) is 1. The first kappa shape index (κ1) is 22.9. The van der Waals surface area contributed by atoms with E-state index >= 15 is 0 Å². The average Bonchev–Trinajstić information content (AvgIpc) is 3.17. The second-order valence-corrected chi connectivity index (χ2v) is 9.58. The van der Waals surface area contributed by atoms with Gasteiger partial charge in [-0.15, -0.1) is 0 Å². The first-order valence-electron chi connectivity index (χ1n) is 10.2. The standard InChI is InChI=1S/C22H27N3O5S/c23-17(15-31(28,29)14-16-8-2-1-3-9-16)21(27)24-13-7-6-11-19(26)22-25-18-10-4-5-12-20(18)30-22/h1-5,8-10,12,17,19,26H,6-7,11,13-15,23H2,(H,24,27)/t17-,19-/m0/s1. The number of hydrogen-bond acceptors (Lipinski definition) is 7. The third kappa shape index (κ3) is 6.88. The van der Waals surface area contributed by atoms with Crippen molar-refractivity contribution in [1.29, 1.82) is 0 Å². The molecule has 0 saturated carbocycles. The molecule has 0 fully saturated rings. The first-order valence-corrected chi connectivity index (χ1v) is 12.0. The summed E-state index contributed by atoms with van der Waals surface area (Å²) in [7, 11) is -3.50. The van der Waals surface area contributed by atoms with Gasteiger partial charge in [0.2, 0.25) is 11.8 Å². The maximum atomic E-state index is 12.3. The monoisotopic (exact) mass is 445 g/mol. The van der Waals surface area contributed by atoms with Crippen LogP contribution in [0, 0.1) is 0 Å². The number of nitrogens with one attached hydrogen (secondary N) is 1. The second-order valence-electron chi connectivity index (χ2n) is 7.47. The molecule has 0 radical (unpaired) electrons. The highest BCUT2D eigenvalue weighted by Crippen LogP contribution is 2.23. The number of benzene rings is 2. The number of aliphatic hydroxyl groups is 1. The molecular formula is C22H27N3O5S. The predicted molar refractivity (Wildman–Crippen MR) is 118 cm³/mol. The molecule has 3 aromatic rings. The highest BCUT2D eigenvalue weighted by atomic mass is 32.2. The van der Waals surface area contributed by atoms with Gasteiger partial charge in [0.15, 0.2) is 15.4 Å². The molecule has 4 N–H and O–H groups in total. The Morgan fingerprint density at radius 2 is 1.81 bits per heavy atom. The molecule has 9 heteroatoms. The number of carbonyl (C=O) groups excluding carboxylic acids is 1. The lowest BCUT2D eigenvalue weighted by Gasteiger charge is -2.13. The molecule has 0 aliphatic heterocycles. The number of unbranched alkanes of at least 4 members (excludes halogenated alkanes) is 1. The lowest BCUT2D eigenvalue weighted by molar-refractivity contribution is -0.121. The van der Waals surface area contributed by atoms with Crippen LogP contribution >= 0.6 is 0 Å². The topological polar surface area (TPSA) is 136 Å². The van der Waals surface area contributed by atoms with E-state index < -0.39 is 33.6 Å². The first-order chi connectivity index (χ1) is 14.8. The number of hydrogen-bond donors (Lipinski definition) is 3. The predicted octanol–water partition coefficient (Wildman–Crippen LogP) is 2.09. The summed E-state index contributed by atoms with van der Waals surface area (Å²) in [6.45, 7) is 0.339. The lowest BCUT2D eigenvalue weighted by Crippen LogP contribution is -2.45. The van der Waals surface area contributed by atoms with Gasteiger partial charge < -0.3 is 20.6 Å². The Morgan fingerprint density at radius 1 is 1.10 bits per heavy atom. The van der Waals surface area contributed by atoms with Gasteiger partial charge in [-0.05, 0) is 37.0 Å². The largest absolute Gasteiger partial charge is 0.438 e. The molecule has 31 heavy (non-hydrogen) atoms. The van der Waals surface area contributed by atoms with Gasteiger partial charge in [0.1, 0.15) is 11.6 Å². The van der Waals surface area contributed by atoms with Gasteiger partial charge in [-0.3, -0.25) is 4.79 Å². The van der Waals surface area contributed by atoms with Gasteiger partial charge in [-0.2, -0.15) is 0 Å². The number of carbonyl (C=O) groups is 1. The SMILES string of the molecule is N[C@@H](CS(=O)(=O)Cc1ccccc1)C(=O)NCCCC[C@H](O)c1nc2ccccc2o1. The van der Waals surface area contributed by atoms with Crippen LogP contribution in [0.2, 0.25) is 0 Å². The van der Waals surface area contributed by atoms with E-state index in [0.717, 1.165) is 0 Å². The zero-order valence-corrected chi connectivity index (χ0v) is 17.9. The normalized spacial score (nSPS) is 13.7. The summed E-state index contributed by atoms with van der Waals surface area (Å²) in [6, 6.07) is 14.9. The van der Waals surface area contributed by atoms with Crippen molar-refractivity contribution in [3.63, 3.8) is 0 Å². The molecule has 2 aromatic carbocycles. The summed E-state index contributed by atoms with van der Waals surface area (Å²) in [6.07, 6.45) is 0.836. The summed E-state index contributed by atoms with van der Waals surface area (Å²) < 4.78 is 30.1. The molecule has 8 nitrogen and oxygen atoms in total. The third-order valence-electron chi connectivity index (χ3n) is 4.80. The minimum absolute atomic E-state index is 0.150. The van der Waals surface area contributed by atoms with Gasteiger partial charge in [-0.25, -0.2) is 13.4 Å². The number of oxazole rings is 1. The summed E-state index contributed by atoms with van der Waals surface area (Å²) in [4.78, 5) is 16.4. The highest BCUT2D eigenvalue weighted by molar-refractivity contribution is 7.90. The molecule has 0 saturated heterocycles. The van der Waals surface area contributed by atoms with Crippen LogP contribution in [0.5, 0.6) is 0 Å². The van der Waals surface area contributed by atoms with Crippen LogP contribution in [0.15, 0.2) is 59.0 Å². The smallest absolute Gasteiger partial charge is 0.237 e. The Balaban J connectivity index is 1.36. The lowest BCUT2D eigenvalue weighted by atomic mass is 10.1. The van der Waals surface area contributed by atoms with Crippen LogP contribution in [-0.4, -0.2) is 42.8 Å². The maximum Gasteiger partial charge on any atom is 0.237 e. The number of rotatable bonds is 11. The van der Waals surface area contributed by atoms with Crippen molar-refractivity contribution in [3.8, 4) is 0 Å². The van der Waals surface area contributed by atoms with E-state index in [4.69, 9.17) is 10.2 Å². The van der Waals surface area contributed by atoms with E-state index in [2.05, 4.69) is 10.3 Å². The maximum absolute atomic E-state index is 12.3. The summed E-state index contributed by atoms with van der Waals surface area (Å²) in [5, 5.41) is 12.9. The molecular weight excluding hydrogens is 418 g/mol. The van der Waals surface area contributed by atoms with Crippen LogP contribution < -0.4 is 11.1 Å². The highest BCUT2D eigenvalue weighted by Gasteiger charge is 2.22. The molecule has 2 atom stereocenters. The quantitative estimate of drug-likeness (QED) is 0.385. The Hall–Kier alpha value is -2.75. The number of fused-ring (bicyclic) bond motifs is 1. The number of sulfone groups is 1. The van der Waals surface area contributed by atoms with E-state index in [1.807, 2.05) is 24.3 Å². The van der Waals surface area contributed by atoms with Gasteiger partial charge in [-0.1, -0.05) is 42.5 Å². The molecule has 0 bridgehead atoms. The minimum Gasteiger partial charge on any atom is -0.438 e. The van der Waals surface area contributed by atoms with Crippen molar-refractivity contribution in [3.05, 3.63) is 66.1 Å². The van der Waals surface area contributed by atoms with E-state index in [9.17, 15) is 18.3 Å². The number of para-hydroxylation sites is 2. The number of aromatic nitrogens is 1. The second kappa shape index (κ2) is 10.5. The van der Waals surface area contributed by atoms with Crippen molar-refractivity contribution >= 4 is 26.8 Å². The van der Waals surface area contributed by atoms with Gasteiger partial charge in [0, 0.05) is 6.54 Å². The molecule has 1 heterocycles. The Morgan fingerprint density at radius 3 is 2.55 bits per heavy atom. The van der Waals surface area contributed by atoms with E-state index in [0.29, 0.717) is 42.5 Å². The summed E-state index contributed by atoms with van der Waals surface area (Å²) in [5.74, 6) is -0.792. The minimum atomic E-state index is -3.50. The van der Waals surface area contributed by atoms with E-state index in [1.54, 1.807) is 30.3 Å². The fourth-order valence-electron chi connectivity index (χ4n) is 3.20. The molecule has 166 valence electrons. The van der Waals surface area contributed by atoms with Crippen LogP contribution in [0.25, 0.3) is 11.1 Å². The summed E-state index contributed by atoms with van der Waals surface area (Å²) >= 11 is 0. The Kier molecular flexibility index (Phi) is 7.78. The van der Waals surface area contributed by atoms with Crippen molar-refractivity contribution in [2.24, 2.45) is 5.73 Å². The zero-order valence-electron chi connectivity index (χ0n) is 17.1. The number of nitrogens with zero attached hydrogens (tertiary/aromatic N) is 1. The van der Waals surface area contributed by atoms with Crippen molar-refractivity contribution < 1.29 is 22.7 Å². The molecule has 0 spiro atoms. The molecule has 0 aliphatic carbocycles. The molecule has 0 unspecified atom stereocenters. The van der Waals surface area contributed by atoms with E-state index in [1.165, 1.54) is 0 Å². The van der Waals surface area contributed by atoms with Crippen LogP contribution in [0.3, 0.4) is 0 Å². The molecule has 1 amide bonds. The van der Waals surface area contributed by atoms with Crippen molar-refractivity contribution in [2.75, 3.05) is 12.3 Å². The fourth-order valence-corrected chi connectivity index (χ4v) is 4.71.